The maximum atomic E-state index is 13.0. The Balaban J connectivity index is 1.20. The van der Waals surface area contributed by atoms with Gasteiger partial charge in [0.25, 0.3) is 0 Å². The molecule has 2 unspecified atom stereocenters. The average molecular weight is 607 g/mol. The Kier molecular flexibility index (Phi) is 11.6. The van der Waals surface area contributed by atoms with Crippen LogP contribution in [-0.2, 0) is 35.3 Å². The van der Waals surface area contributed by atoms with Gasteiger partial charge < -0.3 is 0 Å². The molecule has 0 saturated heterocycles. The summed E-state index contributed by atoms with van der Waals surface area (Å²) in [6.07, 6.45) is 4.57. The van der Waals surface area contributed by atoms with Gasteiger partial charge in [0.05, 0.1) is 12.1 Å². The number of amides is 2. The standard InChI is InChI=1S/C30H38N8O2S2/c1-37(2)23(19-21-13-7-5-8-14-21)27(39)31-29-35-33-25(41-29)17-11-12-18-26-34-36-30(42-26)32-28(40)24(38(3)4)20-22-15-9-6-10-16-22/h5-10,13-16,23-24H,11-12,17-20H2,1-4H3,(H,31,35,39)(H,32,36,40). The second-order valence-electron chi connectivity index (χ2n) is 10.5. The van der Waals surface area contributed by atoms with Gasteiger partial charge in [0.15, 0.2) is 0 Å². The summed E-state index contributed by atoms with van der Waals surface area (Å²) >= 11 is 2.82. The predicted molar refractivity (Wildman–Crippen MR) is 169 cm³/mol. The summed E-state index contributed by atoms with van der Waals surface area (Å²) in [7, 11) is 7.61. The van der Waals surface area contributed by atoms with Crippen molar-refractivity contribution in [3.05, 3.63) is 81.8 Å². The maximum Gasteiger partial charge on any atom is 0.243 e. The van der Waals surface area contributed by atoms with Crippen molar-refractivity contribution >= 4 is 44.8 Å². The number of carbonyl (C=O) groups is 2. The van der Waals surface area contributed by atoms with Gasteiger partial charge in [-0.05, 0) is 65.0 Å². The molecule has 4 rings (SSSR count). The molecule has 2 amide bonds. The lowest BCUT2D eigenvalue weighted by molar-refractivity contribution is -0.121. The predicted octanol–water partition coefficient (Wildman–Crippen LogP) is 4.18. The van der Waals surface area contributed by atoms with Crippen molar-refractivity contribution in [1.29, 1.82) is 0 Å². The van der Waals surface area contributed by atoms with Crippen LogP contribution in [-0.4, -0.2) is 82.3 Å². The minimum absolute atomic E-state index is 0.0947. The molecule has 0 saturated carbocycles. The van der Waals surface area contributed by atoms with Crippen LogP contribution in [0.5, 0.6) is 0 Å². The van der Waals surface area contributed by atoms with E-state index < -0.39 is 0 Å². The van der Waals surface area contributed by atoms with Crippen molar-refractivity contribution < 1.29 is 9.59 Å². The van der Waals surface area contributed by atoms with Crippen LogP contribution in [0.2, 0.25) is 0 Å². The van der Waals surface area contributed by atoms with Crippen LogP contribution in [0.25, 0.3) is 0 Å². The smallest absolute Gasteiger partial charge is 0.243 e. The van der Waals surface area contributed by atoms with Crippen LogP contribution in [0.3, 0.4) is 0 Å². The van der Waals surface area contributed by atoms with Crippen molar-refractivity contribution in [2.24, 2.45) is 0 Å². The minimum atomic E-state index is -0.307. The SMILES string of the molecule is CN(C)C(Cc1ccccc1)C(=O)Nc1nnc(CCCCc2nnc(NC(=O)C(Cc3ccccc3)N(C)C)s2)s1. The van der Waals surface area contributed by atoms with E-state index in [1.54, 1.807) is 0 Å². The quantitative estimate of drug-likeness (QED) is 0.194. The number of rotatable bonds is 15. The normalized spacial score (nSPS) is 12.8. The summed E-state index contributed by atoms with van der Waals surface area (Å²) in [6, 6.07) is 19.4. The van der Waals surface area contributed by atoms with Crippen LogP contribution < -0.4 is 10.6 Å². The zero-order valence-electron chi connectivity index (χ0n) is 24.5. The number of nitrogens with one attached hydrogen (secondary N) is 2. The fourth-order valence-corrected chi connectivity index (χ4v) is 6.00. The summed E-state index contributed by atoms with van der Waals surface area (Å²) in [5.74, 6) is -0.189. The van der Waals surface area contributed by atoms with E-state index >= 15 is 0 Å². The minimum Gasteiger partial charge on any atom is -0.299 e. The van der Waals surface area contributed by atoms with Crippen LogP contribution in [0.4, 0.5) is 10.3 Å². The van der Waals surface area contributed by atoms with Gasteiger partial charge in [-0.2, -0.15) is 0 Å². The van der Waals surface area contributed by atoms with Gasteiger partial charge in [-0.25, -0.2) is 0 Å². The number of likely N-dealkylation sites (N-methyl/N-ethyl adjacent to an activating group) is 2. The van der Waals surface area contributed by atoms with Crippen molar-refractivity contribution in [3.63, 3.8) is 0 Å². The molecule has 222 valence electrons. The number of unbranched alkanes of at least 4 members (excludes halogenated alkanes) is 1. The highest BCUT2D eigenvalue weighted by atomic mass is 32.1. The van der Waals surface area contributed by atoms with E-state index in [1.165, 1.54) is 22.7 Å². The molecule has 2 atom stereocenters. The molecule has 0 fully saturated rings. The van der Waals surface area contributed by atoms with Crippen molar-refractivity contribution in [2.45, 2.75) is 50.6 Å². The van der Waals surface area contributed by atoms with Crippen molar-refractivity contribution in [2.75, 3.05) is 38.8 Å². The van der Waals surface area contributed by atoms with E-state index in [-0.39, 0.29) is 23.9 Å². The number of nitrogens with zero attached hydrogens (tertiary/aromatic N) is 6. The summed E-state index contributed by atoms with van der Waals surface area (Å²) in [5.41, 5.74) is 2.21. The van der Waals surface area contributed by atoms with Crippen LogP contribution in [0.1, 0.15) is 34.0 Å². The Morgan fingerprint density at radius 3 is 1.38 bits per heavy atom. The lowest BCUT2D eigenvalue weighted by atomic mass is 10.0. The Hall–Kier alpha value is -3.58. The number of hydrogen-bond acceptors (Lipinski definition) is 10. The molecular formula is C30H38N8O2S2. The number of benzene rings is 2. The number of aryl methyl sites for hydroxylation is 2. The van der Waals surface area contributed by atoms with Gasteiger partial charge >= 0.3 is 0 Å². The van der Waals surface area contributed by atoms with Crippen molar-refractivity contribution in [1.82, 2.24) is 30.2 Å². The molecule has 0 aliphatic carbocycles. The second-order valence-corrected chi connectivity index (χ2v) is 12.6. The molecule has 2 N–H and O–H groups in total. The van der Waals surface area contributed by atoms with Gasteiger partial charge in [0.1, 0.15) is 10.0 Å². The number of carbonyl (C=O) groups excluding carboxylic acids is 2. The first-order valence-electron chi connectivity index (χ1n) is 14.0. The van der Waals surface area contributed by atoms with Gasteiger partial charge in [-0.3, -0.25) is 30.0 Å². The van der Waals surface area contributed by atoms with E-state index in [9.17, 15) is 9.59 Å². The molecule has 0 spiro atoms. The summed E-state index contributed by atoms with van der Waals surface area (Å²) in [4.78, 5) is 29.7. The van der Waals surface area contributed by atoms with E-state index in [0.29, 0.717) is 23.1 Å². The Morgan fingerprint density at radius 2 is 1.02 bits per heavy atom. The fourth-order valence-electron chi connectivity index (χ4n) is 4.43. The monoisotopic (exact) mass is 606 g/mol. The Labute approximate surface area is 255 Å². The van der Waals surface area contributed by atoms with E-state index in [1.807, 2.05) is 98.7 Å². The highest BCUT2D eigenvalue weighted by Gasteiger charge is 2.24. The first-order chi connectivity index (χ1) is 20.3. The summed E-state index contributed by atoms with van der Waals surface area (Å²) in [6.45, 7) is 0. The van der Waals surface area contributed by atoms with Crippen LogP contribution >= 0.6 is 22.7 Å². The molecule has 2 aromatic heterocycles. The molecule has 12 heteroatoms. The summed E-state index contributed by atoms with van der Waals surface area (Å²) < 4.78 is 0. The van der Waals surface area contributed by atoms with Crippen LogP contribution in [0, 0.1) is 0 Å². The van der Waals surface area contributed by atoms with Gasteiger partial charge in [0, 0.05) is 12.8 Å². The fraction of sp³-hybridized carbons (Fsp3) is 0.400. The Bertz CT molecular complexity index is 1300. The zero-order valence-corrected chi connectivity index (χ0v) is 26.1. The first-order valence-corrected chi connectivity index (χ1v) is 15.6. The summed E-state index contributed by atoms with van der Waals surface area (Å²) in [5, 5.41) is 25.6. The number of anilines is 2. The van der Waals surface area contributed by atoms with E-state index in [4.69, 9.17) is 0 Å². The van der Waals surface area contributed by atoms with Crippen molar-refractivity contribution in [3.8, 4) is 0 Å². The highest BCUT2D eigenvalue weighted by Crippen LogP contribution is 2.21. The largest absolute Gasteiger partial charge is 0.299 e. The average Bonchev–Trinajstić information content (AvgIpc) is 3.62. The molecule has 0 aliphatic heterocycles. The molecule has 0 bridgehead atoms. The third-order valence-electron chi connectivity index (χ3n) is 6.82. The lowest BCUT2D eigenvalue weighted by Gasteiger charge is -2.22. The first kappa shape index (κ1) is 31.4. The third-order valence-corrected chi connectivity index (χ3v) is 8.62. The third kappa shape index (κ3) is 9.48. The maximum absolute atomic E-state index is 13.0. The zero-order chi connectivity index (χ0) is 29.9. The van der Waals surface area contributed by atoms with Gasteiger partial charge in [0.2, 0.25) is 22.1 Å². The second kappa shape index (κ2) is 15.6. The molecular weight excluding hydrogens is 569 g/mol. The van der Waals surface area contributed by atoms with Gasteiger partial charge in [-0.1, -0.05) is 83.3 Å². The van der Waals surface area contributed by atoms with Gasteiger partial charge in [-0.15, -0.1) is 20.4 Å². The van der Waals surface area contributed by atoms with Crippen LogP contribution in [0.15, 0.2) is 60.7 Å². The molecule has 2 aromatic carbocycles. The molecule has 2 heterocycles. The lowest BCUT2D eigenvalue weighted by Crippen LogP contribution is -2.41. The molecule has 10 nitrogen and oxygen atoms in total. The number of aromatic nitrogens is 4. The highest BCUT2D eigenvalue weighted by molar-refractivity contribution is 7.15. The topological polar surface area (TPSA) is 116 Å². The number of hydrogen-bond donors (Lipinski definition) is 2. The Morgan fingerprint density at radius 1 is 0.643 bits per heavy atom. The van der Waals surface area contributed by atoms with E-state index in [2.05, 4.69) is 31.0 Å². The van der Waals surface area contributed by atoms with E-state index in [0.717, 1.165) is 46.8 Å². The molecule has 0 aliphatic rings. The molecule has 0 radical (unpaired) electrons. The molecule has 4 aromatic rings. The molecule has 42 heavy (non-hydrogen) atoms.